The molecule has 1 fully saturated rings. The van der Waals surface area contributed by atoms with Crippen molar-refractivity contribution in [1.29, 1.82) is 0 Å². The van der Waals surface area contributed by atoms with Crippen molar-refractivity contribution < 1.29 is 9.59 Å². The Morgan fingerprint density at radius 3 is 2.00 bits per heavy atom. The van der Waals surface area contributed by atoms with E-state index in [0.29, 0.717) is 19.4 Å². The highest BCUT2D eigenvalue weighted by Gasteiger charge is 2.28. The van der Waals surface area contributed by atoms with Crippen LogP contribution in [0.2, 0.25) is 0 Å². The molecule has 86 valence electrons. The lowest BCUT2D eigenvalue weighted by Crippen LogP contribution is -2.28. The minimum Gasteiger partial charge on any atom is -0.278 e. The first kappa shape index (κ1) is 12.4. The number of nitrogens with zero attached hydrogens (tertiary/aromatic N) is 1. The van der Waals surface area contributed by atoms with Crippen LogP contribution in [0.4, 0.5) is 0 Å². The van der Waals surface area contributed by atoms with Gasteiger partial charge in [0.25, 0.3) is 0 Å². The molecule has 0 aromatic heterocycles. The van der Waals surface area contributed by atoms with Gasteiger partial charge in [0.1, 0.15) is 0 Å². The topological polar surface area (TPSA) is 37.4 Å². The third-order valence-electron chi connectivity index (χ3n) is 2.34. The maximum absolute atomic E-state index is 11.3. The second-order valence-corrected chi connectivity index (χ2v) is 3.36. The zero-order valence-corrected chi connectivity index (χ0v) is 9.77. The van der Waals surface area contributed by atoms with Gasteiger partial charge in [0.15, 0.2) is 0 Å². The maximum atomic E-state index is 11.3. The average molecular weight is 219 g/mol. The molecule has 2 rings (SSSR count). The number of carbonyl (C=O) groups excluding carboxylic acids is 2. The van der Waals surface area contributed by atoms with Gasteiger partial charge in [-0.1, -0.05) is 44.2 Å². The summed E-state index contributed by atoms with van der Waals surface area (Å²) in [7, 11) is 0. The van der Waals surface area contributed by atoms with E-state index < -0.39 is 0 Å². The van der Waals surface area contributed by atoms with Crippen LogP contribution in [0.3, 0.4) is 0 Å². The summed E-state index contributed by atoms with van der Waals surface area (Å²) in [4.78, 5) is 23.9. The molecule has 0 N–H and O–H groups in total. The summed E-state index contributed by atoms with van der Waals surface area (Å²) in [5.41, 5.74) is 0.996. The van der Waals surface area contributed by atoms with E-state index in [1.807, 2.05) is 44.2 Å². The summed E-state index contributed by atoms with van der Waals surface area (Å²) in [5.74, 6) is -0.113. The fraction of sp³-hybridized carbons (Fsp3) is 0.385. The Hall–Kier alpha value is -1.64. The monoisotopic (exact) mass is 219 g/mol. The lowest BCUT2D eigenvalue weighted by molar-refractivity contribution is -0.139. The van der Waals surface area contributed by atoms with Gasteiger partial charge >= 0.3 is 0 Å². The fourth-order valence-corrected chi connectivity index (χ4v) is 1.57. The normalized spacial score (nSPS) is 14.8. The van der Waals surface area contributed by atoms with Crippen LogP contribution in [0.25, 0.3) is 0 Å². The second kappa shape index (κ2) is 6.05. The number of hydrogen-bond donors (Lipinski definition) is 0. The lowest BCUT2D eigenvalue weighted by Gasteiger charge is -2.13. The van der Waals surface area contributed by atoms with Crippen molar-refractivity contribution in [1.82, 2.24) is 4.90 Å². The van der Waals surface area contributed by atoms with Crippen LogP contribution in [0.5, 0.6) is 0 Å². The average Bonchev–Trinajstić information content (AvgIpc) is 2.65. The Balaban J connectivity index is 0.000000606. The molecule has 1 aromatic carbocycles. The predicted molar refractivity (Wildman–Crippen MR) is 62.6 cm³/mol. The second-order valence-electron chi connectivity index (χ2n) is 3.36. The molecule has 1 aliphatic heterocycles. The molecule has 2 amide bonds. The molecule has 3 nitrogen and oxygen atoms in total. The molecule has 1 heterocycles. The largest absolute Gasteiger partial charge is 0.278 e. The highest BCUT2D eigenvalue weighted by atomic mass is 16.2. The van der Waals surface area contributed by atoms with Gasteiger partial charge in [-0.3, -0.25) is 14.5 Å². The third-order valence-corrected chi connectivity index (χ3v) is 2.34. The molecule has 1 aromatic rings. The summed E-state index contributed by atoms with van der Waals surface area (Å²) in [6.07, 6.45) is 0.733. The summed E-state index contributed by atoms with van der Waals surface area (Å²) in [6.45, 7) is 4.42. The third kappa shape index (κ3) is 2.92. The first-order valence-corrected chi connectivity index (χ1v) is 5.64. The molecule has 0 bridgehead atoms. The van der Waals surface area contributed by atoms with Gasteiger partial charge in [0, 0.05) is 12.8 Å². The van der Waals surface area contributed by atoms with Crippen LogP contribution in [0, 0.1) is 0 Å². The minimum absolute atomic E-state index is 0.0566. The van der Waals surface area contributed by atoms with E-state index in [2.05, 4.69) is 0 Å². The Labute approximate surface area is 96.1 Å². The highest BCUT2D eigenvalue weighted by Crippen LogP contribution is 2.15. The number of carbonyl (C=O) groups is 2. The van der Waals surface area contributed by atoms with Gasteiger partial charge in [0.2, 0.25) is 11.8 Å². The van der Waals surface area contributed by atoms with Crippen LogP contribution in [0.1, 0.15) is 32.3 Å². The van der Waals surface area contributed by atoms with Gasteiger partial charge in [-0.05, 0) is 5.56 Å². The summed E-state index contributed by atoms with van der Waals surface area (Å²) < 4.78 is 0. The van der Waals surface area contributed by atoms with Crippen molar-refractivity contribution in [3.05, 3.63) is 35.9 Å². The Kier molecular flexibility index (Phi) is 4.70. The van der Waals surface area contributed by atoms with Crippen LogP contribution in [0.15, 0.2) is 30.3 Å². The molecular formula is C13H17NO2. The standard InChI is InChI=1S/C11H11NO2.C2H6/c13-10-6-7-11(14)12(10)8-9-4-2-1-3-5-9;1-2/h1-5H,6-8H2;1-2H3. The predicted octanol–water partition coefficient (Wildman–Crippen LogP) is 2.36. The van der Waals surface area contributed by atoms with Crippen LogP contribution in [-0.2, 0) is 16.1 Å². The fourth-order valence-electron chi connectivity index (χ4n) is 1.57. The number of likely N-dealkylation sites (tertiary alicyclic amines) is 1. The van der Waals surface area contributed by atoms with Gasteiger partial charge in [-0.15, -0.1) is 0 Å². The first-order valence-electron chi connectivity index (χ1n) is 5.64. The molecule has 0 aliphatic carbocycles. The molecule has 3 heteroatoms. The maximum Gasteiger partial charge on any atom is 0.229 e. The molecule has 16 heavy (non-hydrogen) atoms. The molecule has 0 radical (unpaired) electrons. The smallest absolute Gasteiger partial charge is 0.229 e. The van der Waals surface area contributed by atoms with E-state index >= 15 is 0 Å². The summed E-state index contributed by atoms with van der Waals surface area (Å²) in [6, 6.07) is 9.55. The van der Waals surface area contributed by atoms with Crippen molar-refractivity contribution in [2.75, 3.05) is 0 Å². The molecule has 1 aliphatic rings. The van der Waals surface area contributed by atoms with Crippen molar-refractivity contribution in [2.24, 2.45) is 0 Å². The first-order chi connectivity index (χ1) is 7.77. The molecule has 0 atom stereocenters. The molecule has 0 saturated carbocycles. The van der Waals surface area contributed by atoms with Crippen molar-refractivity contribution in [3.63, 3.8) is 0 Å². The molecular weight excluding hydrogens is 202 g/mol. The number of rotatable bonds is 2. The van der Waals surface area contributed by atoms with Crippen molar-refractivity contribution >= 4 is 11.8 Å². The van der Waals surface area contributed by atoms with Crippen molar-refractivity contribution in [2.45, 2.75) is 33.2 Å². The molecule has 1 saturated heterocycles. The lowest BCUT2D eigenvalue weighted by atomic mass is 10.2. The summed E-state index contributed by atoms with van der Waals surface area (Å²) >= 11 is 0. The van der Waals surface area contributed by atoms with E-state index in [4.69, 9.17) is 0 Å². The Morgan fingerprint density at radius 2 is 1.50 bits per heavy atom. The van der Waals surface area contributed by atoms with Crippen LogP contribution < -0.4 is 0 Å². The summed E-state index contributed by atoms with van der Waals surface area (Å²) in [5, 5.41) is 0. The van der Waals surface area contributed by atoms with Crippen LogP contribution >= 0.6 is 0 Å². The number of benzene rings is 1. The van der Waals surface area contributed by atoms with E-state index in [1.165, 1.54) is 4.90 Å². The quantitative estimate of drug-likeness (QED) is 0.716. The molecule has 0 unspecified atom stereocenters. The van der Waals surface area contributed by atoms with E-state index in [1.54, 1.807) is 0 Å². The van der Waals surface area contributed by atoms with Gasteiger partial charge in [-0.2, -0.15) is 0 Å². The van der Waals surface area contributed by atoms with Crippen LogP contribution in [-0.4, -0.2) is 16.7 Å². The SMILES string of the molecule is CC.O=C1CCC(=O)N1Cc1ccccc1. The number of imide groups is 1. The van der Waals surface area contributed by atoms with E-state index in [-0.39, 0.29) is 11.8 Å². The zero-order chi connectivity index (χ0) is 12.0. The highest BCUT2D eigenvalue weighted by molar-refractivity contribution is 6.01. The number of hydrogen-bond acceptors (Lipinski definition) is 2. The Bertz CT molecular complexity index is 343. The minimum atomic E-state index is -0.0566. The van der Waals surface area contributed by atoms with Gasteiger partial charge in [0.05, 0.1) is 6.54 Å². The van der Waals surface area contributed by atoms with E-state index in [9.17, 15) is 9.59 Å². The number of amides is 2. The van der Waals surface area contributed by atoms with Gasteiger partial charge in [-0.25, -0.2) is 0 Å². The van der Waals surface area contributed by atoms with Crippen molar-refractivity contribution in [3.8, 4) is 0 Å². The zero-order valence-electron chi connectivity index (χ0n) is 9.77. The van der Waals surface area contributed by atoms with Gasteiger partial charge < -0.3 is 0 Å². The molecule has 0 spiro atoms. The Morgan fingerprint density at radius 1 is 1.00 bits per heavy atom. The van der Waals surface area contributed by atoms with E-state index in [0.717, 1.165) is 5.56 Å².